The molecule has 1 aromatic carbocycles. The summed E-state index contributed by atoms with van der Waals surface area (Å²) in [7, 11) is 2.74. The van der Waals surface area contributed by atoms with Gasteiger partial charge in [0.1, 0.15) is 12.0 Å². The molecule has 0 spiro atoms. The summed E-state index contributed by atoms with van der Waals surface area (Å²) in [5.74, 6) is 0.588. The van der Waals surface area contributed by atoms with Crippen LogP contribution in [-0.2, 0) is 9.53 Å². The van der Waals surface area contributed by atoms with Crippen LogP contribution in [-0.4, -0.2) is 42.9 Å². The Morgan fingerprint density at radius 1 is 1.37 bits per heavy atom. The number of nitrogens with zero attached hydrogens (tertiary/aromatic N) is 3. The van der Waals surface area contributed by atoms with E-state index < -0.39 is 10.9 Å². The largest absolute Gasteiger partial charge is 0.493 e. The Bertz CT molecular complexity index is 857. The highest BCUT2D eigenvalue weighted by molar-refractivity contribution is 9.10. The lowest BCUT2D eigenvalue weighted by molar-refractivity contribution is -0.385. The average molecular weight is 439 g/mol. The molecule has 0 unspecified atom stereocenters. The van der Waals surface area contributed by atoms with Gasteiger partial charge < -0.3 is 14.2 Å². The van der Waals surface area contributed by atoms with Crippen molar-refractivity contribution < 1.29 is 23.9 Å². The van der Waals surface area contributed by atoms with E-state index >= 15 is 0 Å². The zero-order chi connectivity index (χ0) is 19.8. The van der Waals surface area contributed by atoms with E-state index in [4.69, 9.17) is 9.47 Å². The fraction of sp³-hybridized carbons (Fsp3) is 0.188. The molecule has 0 aliphatic heterocycles. The second kappa shape index (κ2) is 9.48. The number of anilines is 1. The van der Waals surface area contributed by atoms with E-state index in [-0.39, 0.29) is 12.3 Å². The van der Waals surface area contributed by atoms with E-state index in [9.17, 15) is 14.9 Å². The summed E-state index contributed by atoms with van der Waals surface area (Å²) in [5, 5.41) is 14.6. The molecule has 2 rings (SSSR count). The molecule has 1 heterocycles. The minimum absolute atomic E-state index is 0.112. The van der Waals surface area contributed by atoms with Crippen LogP contribution >= 0.6 is 15.9 Å². The van der Waals surface area contributed by atoms with Gasteiger partial charge >= 0.3 is 5.97 Å². The van der Waals surface area contributed by atoms with Gasteiger partial charge in [0.25, 0.3) is 5.69 Å². The van der Waals surface area contributed by atoms with Gasteiger partial charge in [0.2, 0.25) is 0 Å². The number of benzene rings is 1. The number of rotatable bonds is 8. The molecule has 0 saturated carbocycles. The van der Waals surface area contributed by atoms with E-state index in [1.165, 1.54) is 32.6 Å². The first kappa shape index (κ1) is 20.1. The molecule has 142 valence electrons. The summed E-state index contributed by atoms with van der Waals surface area (Å²) in [6.45, 7) is -0.250. The number of carbonyl (C=O) groups excluding carboxylic acids is 1. The van der Waals surface area contributed by atoms with Gasteiger partial charge in [-0.25, -0.2) is 9.78 Å². The van der Waals surface area contributed by atoms with Crippen molar-refractivity contribution in [1.82, 2.24) is 4.98 Å². The second-order valence-corrected chi connectivity index (χ2v) is 5.77. The molecule has 27 heavy (non-hydrogen) atoms. The molecule has 0 radical (unpaired) electrons. The SMILES string of the molecule is COC(=O)COc1cc(Br)c(/C=N/Nc2ccc([N+](=O)[O-])cn2)cc1OC. The van der Waals surface area contributed by atoms with E-state index in [0.717, 1.165) is 6.20 Å². The van der Waals surface area contributed by atoms with Gasteiger partial charge in [-0.15, -0.1) is 0 Å². The number of nitro groups is 1. The maximum absolute atomic E-state index is 11.2. The minimum atomic E-state index is -0.534. The fourth-order valence-corrected chi connectivity index (χ4v) is 2.27. The van der Waals surface area contributed by atoms with Crippen molar-refractivity contribution in [2.24, 2.45) is 5.10 Å². The van der Waals surface area contributed by atoms with Gasteiger partial charge in [-0.1, -0.05) is 0 Å². The number of methoxy groups -OCH3 is 2. The number of halogens is 1. The first-order valence-electron chi connectivity index (χ1n) is 7.41. The normalized spacial score (nSPS) is 10.5. The quantitative estimate of drug-likeness (QED) is 0.288. The van der Waals surface area contributed by atoms with Gasteiger partial charge in [0.05, 0.1) is 25.4 Å². The van der Waals surface area contributed by atoms with Gasteiger partial charge in [-0.2, -0.15) is 5.10 Å². The van der Waals surface area contributed by atoms with Crippen LogP contribution in [0.2, 0.25) is 0 Å². The molecule has 0 fully saturated rings. The molecular weight excluding hydrogens is 424 g/mol. The number of hydrogen-bond donors (Lipinski definition) is 1. The summed E-state index contributed by atoms with van der Waals surface area (Å²) in [5.41, 5.74) is 3.22. The lowest BCUT2D eigenvalue weighted by Crippen LogP contribution is -2.13. The Kier molecular flexibility index (Phi) is 7.06. The molecule has 0 atom stereocenters. The Hall–Kier alpha value is -3.21. The van der Waals surface area contributed by atoms with Crippen LogP contribution in [0.1, 0.15) is 5.56 Å². The van der Waals surface area contributed by atoms with E-state index in [1.807, 2.05) is 0 Å². The summed E-state index contributed by atoms with van der Waals surface area (Å²) in [6, 6.07) is 6.05. The molecule has 0 saturated heterocycles. The third-order valence-corrected chi connectivity index (χ3v) is 3.88. The molecule has 0 amide bonds. The standard InChI is InChI=1S/C16H15BrN4O6/c1-25-13-5-10(12(17)6-14(13)27-9-16(22)26-2)7-19-20-15-4-3-11(8-18-15)21(23)24/h3-8H,9H2,1-2H3,(H,18,20)/b19-7+. The van der Waals surface area contributed by atoms with E-state index in [0.29, 0.717) is 27.4 Å². The molecule has 1 aromatic heterocycles. The number of hydrogen-bond acceptors (Lipinski definition) is 9. The second-order valence-electron chi connectivity index (χ2n) is 4.92. The van der Waals surface area contributed by atoms with Crippen LogP contribution in [0.4, 0.5) is 11.5 Å². The van der Waals surface area contributed by atoms with E-state index in [2.05, 4.69) is 36.2 Å². The Labute approximate surface area is 162 Å². The zero-order valence-electron chi connectivity index (χ0n) is 14.3. The molecule has 0 aliphatic rings. The van der Waals surface area contributed by atoms with Crippen molar-refractivity contribution in [3.05, 3.63) is 50.6 Å². The molecule has 0 aliphatic carbocycles. The Morgan fingerprint density at radius 2 is 2.15 bits per heavy atom. The first-order valence-corrected chi connectivity index (χ1v) is 8.20. The molecule has 2 aromatic rings. The van der Waals surface area contributed by atoms with Crippen molar-refractivity contribution in [2.45, 2.75) is 0 Å². The molecule has 0 bridgehead atoms. The topological polar surface area (TPSA) is 125 Å². The van der Waals surface area contributed by atoms with E-state index in [1.54, 1.807) is 12.1 Å². The number of hydrazone groups is 1. The van der Waals surface area contributed by atoms with Crippen molar-refractivity contribution >= 4 is 39.6 Å². The van der Waals surface area contributed by atoms with Crippen LogP contribution in [0.15, 0.2) is 40.0 Å². The van der Waals surface area contributed by atoms with Gasteiger partial charge in [0.15, 0.2) is 18.1 Å². The highest BCUT2D eigenvalue weighted by Gasteiger charge is 2.11. The monoisotopic (exact) mass is 438 g/mol. The van der Waals surface area contributed by atoms with Gasteiger partial charge in [0, 0.05) is 16.1 Å². The lowest BCUT2D eigenvalue weighted by atomic mass is 10.2. The molecule has 10 nitrogen and oxygen atoms in total. The lowest BCUT2D eigenvalue weighted by Gasteiger charge is -2.11. The van der Waals surface area contributed by atoms with Crippen LogP contribution in [0.25, 0.3) is 0 Å². The third kappa shape index (κ3) is 5.64. The van der Waals surface area contributed by atoms with Crippen LogP contribution in [0.5, 0.6) is 11.5 Å². The number of nitrogens with one attached hydrogen (secondary N) is 1. The molecule has 1 N–H and O–H groups in total. The predicted molar refractivity (Wildman–Crippen MR) is 100 cm³/mol. The number of aromatic nitrogens is 1. The summed E-state index contributed by atoms with van der Waals surface area (Å²) >= 11 is 3.39. The maximum atomic E-state index is 11.2. The highest BCUT2D eigenvalue weighted by Crippen LogP contribution is 2.33. The first-order chi connectivity index (χ1) is 12.9. The van der Waals surface area contributed by atoms with Crippen LogP contribution in [0, 0.1) is 10.1 Å². The van der Waals surface area contributed by atoms with Crippen molar-refractivity contribution in [2.75, 3.05) is 26.3 Å². The van der Waals surface area contributed by atoms with Crippen molar-refractivity contribution in [3.8, 4) is 11.5 Å². The minimum Gasteiger partial charge on any atom is -0.493 e. The smallest absolute Gasteiger partial charge is 0.343 e. The van der Waals surface area contributed by atoms with Crippen LogP contribution < -0.4 is 14.9 Å². The van der Waals surface area contributed by atoms with Crippen molar-refractivity contribution in [3.63, 3.8) is 0 Å². The highest BCUT2D eigenvalue weighted by atomic mass is 79.9. The van der Waals surface area contributed by atoms with Gasteiger partial charge in [-0.3, -0.25) is 15.5 Å². The number of esters is 1. The Morgan fingerprint density at radius 3 is 2.74 bits per heavy atom. The Balaban J connectivity index is 2.09. The number of ether oxygens (including phenoxy) is 3. The summed E-state index contributed by atoms with van der Waals surface area (Å²) in [4.78, 5) is 25.1. The van der Waals surface area contributed by atoms with Gasteiger partial charge in [-0.05, 0) is 34.1 Å². The number of carbonyl (C=O) groups is 1. The third-order valence-electron chi connectivity index (χ3n) is 3.20. The van der Waals surface area contributed by atoms with Crippen LogP contribution in [0.3, 0.4) is 0 Å². The summed E-state index contributed by atoms with van der Waals surface area (Å²) < 4.78 is 15.8. The zero-order valence-corrected chi connectivity index (χ0v) is 15.9. The summed E-state index contributed by atoms with van der Waals surface area (Å²) in [6.07, 6.45) is 2.63. The molecule has 11 heteroatoms. The fourth-order valence-electron chi connectivity index (χ4n) is 1.85. The molecular formula is C16H15BrN4O6. The predicted octanol–water partition coefficient (Wildman–Crippen LogP) is 2.76. The maximum Gasteiger partial charge on any atom is 0.343 e. The van der Waals surface area contributed by atoms with Crippen molar-refractivity contribution in [1.29, 1.82) is 0 Å². The average Bonchev–Trinajstić information content (AvgIpc) is 2.67. The number of pyridine rings is 1.